The highest BCUT2D eigenvalue weighted by molar-refractivity contribution is 5.91. The number of hydrogen-bond acceptors (Lipinski definition) is 2. The van der Waals surface area contributed by atoms with Gasteiger partial charge in [0.25, 0.3) is 0 Å². The molecular formula is C13H15FN2O3. The van der Waals surface area contributed by atoms with E-state index >= 15 is 0 Å². The molecule has 102 valence electrons. The largest absolute Gasteiger partial charge is 0.480 e. The van der Waals surface area contributed by atoms with Crippen LogP contribution in [0.1, 0.15) is 5.56 Å². The molecule has 19 heavy (non-hydrogen) atoms. The molecule has 0 heterocycles. The lowest BCUT2D eigenvalue weighted by Crippen LogP contribution is -2.39. The Balaban J connectivity index is 2.80. The van der Waals surface area contributed by atoms with Gasteiger partial charge in [-0.25, -0.2) is 9.18 Å². The van der Waals surface area contributed by atoms with Gasteiger partial charge in [-0.1, -0.05) is 12.1 Å². The molecular weight excluding hydrogens is 251 g/mol. The maximum absolute atomic E-state index is 13.6. The average Bonchev–Trinajstić information content (AvgIpc) is 2.31. The fraction of sp³-hybridized carbons (Fsp3) is 0.231. The second kappa shape index (κ2) is 6.53. The first-order valence-corrected chi connectivity index (χ1v) is 5.58. The van der Waals surface area contributed by atoms with E-state index in [1.54, 1.807) is 13.0 Å². The molecule has 0 bridgehead atoms. The van der Waals surface area contributed by atoms with Crippen molar-refractivity contribution in [1.29, 1.82) is 0 Å². The lowest BCUT2D eigenvalue weighted by atomic mass is 10.2. The molecule has 5 nitrogen and oxygen atoms in total. The molecule has 0 unspecified atom stereocenters. The predicted molar refractivity (Wildman–Crippen MR) is 69.6 cm³/mol. The van der Waals surface area contributed by atoms with E-state index in [-0.39, 0.29) is 12.2 Å². The Morgan fingerprint density at radius 3 is 2.74 bits per heavy atom. The molecule has 0 aliphatic rings. The first-order chi connectivity index (χ1) is 8.93. The Kier molecular flexibility index (Phi) is 5.05. The lowest BCUT2D eigenvalue weighted by molar-refractivity contribution is -0.137. The summed E-state index contributed by atoms with van der Waals surface area (Å²) in [6, 6.07) is 3.67. The van der Waals surface area contributed by atoms with Crippen molar-refractivity contribution in [3.63, 3.8) is 0 Å². The highest BCUT2D eigenvalue weighted by Crippen LogP contribution is 2.15. The molecule has 0 atom stereocenters. The van der Waals surface area contributed by atoms with Crippen LogP contribution in [0.3, 0.4) is 0 Å². The molecule has 0 fully saturated rings. The van der Waals surface area contributed by atoms with E-state index in [1.807, 2.05) is 0 Å². The number of carbonyl (C=O) groups excluding carboxylic acids is 1. The van der Waals surface area contributed by atoms with Crippen molar-refractivity contribution in [2.24, 2.45) is 0 Å². The molecule has 1 aromatic rings. The van der Waals surface area contributed by atoms with Crippen molar-refractivity contribution in [2.75, 3.05) is 18.4 Å². The molecule has 2 N–H and O–H groups in total. The number of nitrogens with one attached hydrogen (secondary N) is 1. The second-order valence-corrected chi connectivity index (χ2v) is 3.98. The molecule has 2 amide bonds. The maximum Gasteiger partial charge on any atom is 0.323 e. The van der Waals surface area contributed by atoms with Gasteiger partial charge >= 0.3 is 12.0 Å². The number of aryl methyl sites for hydroxylation is 1. The van der Waals surface area contributed by atoms with Crippen molar-refractivity contribution >= 4 is 17.7 Å². The summed E-state index contributed by atoms with van der Waals surface area (Å²) in [4.78, 5) is 23.4. The van der Waals surface area contributed by atoms with Crippen LogP contribution in [0.5, 0.6) is 0 Å². The van der Waals surface area contributed by atoms with Gasteiger partial charge in [0.15, 0.2) is 0 Å². The Labute approximate surface area is 110 Å². The minimum absolute atomic E-state index is 0.00931. The summed E-state index contributed by atoms with van der Waals surface area (Å²) in [5.41, 5.74) is 0.735. The summed E-state index contributed by atoms with van der Waals surface area (Å²) >= 11 is 0. The zero-order chi connectivity index (χ0) is 14.4. The number of anilines is 1. The fourth-order valence-electron chi connectivity index (χ4n) is 1.45. The van der Waals surface area contributed by atoms with E-state index in [9.17, 15) is 14.0 Å². The molecule has 0 saturated carbocycles. The van der Waals surface area contributed by atoms with E-state index < -0.39 is 24.4 Å². The zero-order valence-corrected chi connectivity index (χ0v) is 10.5. The van der Waals surface area contributed by atoms with Crippen LogP contribution >= 0.6 is 0 Å². The third kappa shape index (κ3) is 4.42. The third-order valence-electron chi connectivity index (χ3n) is 2.33. The van der Waals surface area contributed by atoms with Crippen LogP contribution in [0.15, 0.2) is 30.9 Å². The zero-order valence-electron chi connectivity index (χ0n) is 10.5. The number of carboxylic acids is 1. The summed E-state index contributed by atoms with van der Waals surface area (Å²) in [7, 11) is 0. The minimum Gasteiger partial charge on any atom is -0.480 e. The topological polar surface area (TPSA) is 69.6 Å². The highest BCUT2D eigenvalue weighted by Gasteiger charge is 2.16. The summed E-state index contributed by atoms with van der Waals surface area (Å²) in [6.45, 7) is 4.74. The molecule has 0 radical (unpaired) electrons. The van der Waals surface area contributed by atoms with Gasteiger partial charge in [-0.15, -0.1) is 6.58 Å². The van der Waals surface area contributed by atoms with Gasteiger partial charge in [0.05, 0.1) is 5.69 Å². The molecule has 0 aromatic heterocycles. The molecule has 1 aromatic carbocycles. The third-order valence-corrected chi connectivity index (χ3v) is 2.33. The molecule has 6 heteroatoms. The minimum atomic E-state index is -1.15. The Morgan fingerprint density at radius 2 is 2.21 bits per heavy atom. The number of urea groups is 1. The van der Waals surface area contributed by atoms with Crippen molar-refractivity contribution in [1.82, 2.24) is 4.90 Å². The van der Waals surface area contributed by atoms with Crippen molar-refractivity contribution < 1.29 is 19.1 Å². The van der Waals surface area contributed by atoms with Gasteiger partial charge in [0, 0.05) is 6.54 Å². The van der Waals surface area contributed by atoms with Crippen LogP contribution in [-0.4, -0.2) is 35.1 Å². The summed E-state index contributed by atoms with van der Waals surface area (Å²) in [6.07, 6.45) is 1.40. The Morgan fingerprint density at radius 1 is 1.53 bits per heavy atom. The second-order valence-electron chi connectivity index (χ2n) is 3.98. The van der Waals surface area contributed by atoms with E-state index in [2.05, 4.69) is 11.9 Å². The van der Waals surface area contributed by atoms with Crippen molar-refractivity contribution in [2.45, 2.75) is 6.92 Å². The molecule has 0 aliphatic carbocycles. The van der Waals surface area contributed by atoms with Crippen molar-refractivity contribution in [3.8, 4) is 0 Å². The van der Waals surface area contributed by atoms with E-state index in [1.165, 1.54) is 18.2 Å². The number of amides is 2. The smallest absolute Gasteiger partial charge is 0.323 e. The van der Waals surface area contributed by atoms with Gasteiger partial charge in [-0.2, -0.15) is 0 Å². The fourth-order valence-corrected chi connectivity index (χ4v) is 1.45. The van der Waals surface area contributed by atoms with E-state index in [0.29, 0.717) is 0 Å². The molecule has 0 spiro atoms. The first-order valence-electron chi connectivity index (χ1n) is 5.58. The van der Waals surface area contributed by atoms with Crippen LogP contribution < -0.4 is 5.32 Å². The number of carbonyl (C=O) groups is 2. The number of aliphatic carboxylic acids is 1. The van der Waals surface area contributed by atoms with E-state index in [0.717, 1.165) is 10.5 Å². The van der Waals surface area contributed by atoms with Crippen LogP contribution in [0.25, 0.3) is 0 Å². The standard InChI is InChI=1S/C13H15FN2O3/c1-3-6-16(8-12(17)18)13(19)15-11-5-4-9(2)7-10(11)14/h3-5,7H,1,6,8H2,2H3,(H,15,19)(H,17,18). The van der Waals surface area contributed by atoms with Gasteiger partial charge in [-0.3, -0.25) is 4.79 Å². The SMILES string of the molecule is C=CCN(CC(=O)O)C(=O)Nc1ccc(C)cc1F. The molecule has 0 saturated heterocycles. The van der Waals surface area contributed by atoms with Gasteiger partial charge in [0.1, 0.15) is 12.4 Å². The normalized spacial score (nSPS) is 9.79. The van der Waals surface area contributed by atoms with Crippen LogP contribution in [0, 0.1) is 12.7 Å². The van der Waals surface area contributed by atoms with Gasteiger partial charge in [0.2, 0.25) is 0 Å². The summed E-state index contributed by atoms with van der Waals surface area (Å²) < 4.78 is 13.6. The first kappa shape index (κ1) is 14.7. The monoisotopic (exact) mass is 266 g/mol. The van der Waals surface area contributed by atoms with E-state index in [4.69, 9.17) is 5.11 Å². The quantitative estimate of drug-likeness (QED) is 0.803. The number of rotatable bonds is 5. The number of carboxylic acid groups (broad SMARTS) is 1. The number of halogens is 1. The highest BCUT2D eigenvalue weighted by atomic mass is 19.1. The Hall–Kier alpha value is -2.37. The summed E-state index contributed by atoms with van der Waals surface area (Å²) in [5.74, 6) is -1.72. The predicted octanol–water partition coefficient (Wildman–Crippen LogP) is 2.24. The van der Waals surface area contributed by atoms with Crippen molar-refractivity contribution in [3.05, 3.63) is 42.2 Å². The number of nitrogens with zero attached hydrogens (tertiary/aromatic N) is 1. The molecule has 1 rings (SSSR count). The van der Waals surface area contributed by atoms with Crippen LogP contribution in [0.2, 0.25) is 0 Å². The van der Waals surface area contributed by atoms with Gasteiger partial charge < -0.3 is 15.3 Å². The van der Waals surface area contributed by atoms with Crippen LogP contribution in [0.4, 0.5) is 14.9 Å². The number of hydrogen-bond donors (Lipinski definition) is 2. The molecule has 0 aliphatic heterocycles. The maximum atomic E-state index is 13.6. The lowest BCUT2D eigenvalue weighted by Gasteiger charge is -2.19. The van der Waals surface area contributed by atoms with Crippen LogP contribution in [-0.2, 0) is 4.79 Å². The van der Waals surface area contributed by atoms with Gasteiger partial charge in [-0.05, 0) is 24.6 Å². The summed E-state index contributed by atoms with van der Waals surface area (Å²) in [5, 5.41) is 11.0. The Bertz CT molecular complexity index is 503. The average molecular weight is 266 g/mol. The number of benzene rings is 1.